The second-order valence-corrected chi connectivity index (χ2v) is 2.80. The maximum atomic E-state index is 12.4. The van der Waals surface area contributed by atoms with Crippen LogP contribution in [0.5, 0.6) is 5.75 Å². The molecule has 0 aliphatic heterocycles. The molecule has 0 aliphatic carbocycles. The molecule has 1 aromatic carbocycles. The molecule has 0 fully saturated rings. The molecule has 15 heavy (non-hydrogen) atoms. The number of hydrogen-bond acceptors (Lipinski definition) is 3. The Morgan fingerprint density at radius 2 is 1.87 bits per heavy atom. The fourth-order valence-corrected chi connectivity index (χ4v) is 1.21. The summed E-state index contributed by atoms with van der Waals surface area (Å²) in [6.07, 6.45) is -4.59. The van der Waals surface area contributed by atoms with E-state index in [-0.39, 0.29) is 5.46 Å². The fraction of sp³-hybridized carbons (Fsp3) is 0.250. The Labute approximate surface area is 84.3 Å². The van der Waals surface area contributed by atoms with Crippen molar-refractivity contribution in [2.24, 2.45) is 0 Å². The normalized spacial score (nSPS) is 11.3. The molecule has 3 nitrogen and oxygen atoms in total. The zero-order valence-corrected chi connectivity index (χ0v) is 7.75. The van der Waals surface area contributed by atoms with Gasteiger partial charge in [-0.1, -0.05) is 12.1 Å². The van der Waals surface area contributed by atoms with E-state index in [0.717, 1.165) is 25.3 Å². The highest BCUT2D eigenvalue weighted by atomic mass is 19.4. The van der Waals surface area contributed by atoms with Crippen molar-refractivity contribution in [3.63, 3.8) is 0 Å². The molecule has 0 radical (unpaired) electrons. The minimum Gasteiger partial charge on any atom is -0.496 e. The molecule has 0 heterocycles. The molecule has 0 spiro atoms. The Morgan fingerprint density at radius 3 is 2.27 bits per heavy atom. The summed E-state index contributed by atoms with van der Waals surface area (Å²) in [6.45, 7) is 0. The SMILES string of the molecule is COc1c(B(O)O)cccc1C(F)(F)F. The van der Waals surface area contributed by atoms with Crippen LogP contribution in [0.15, 0.2) is 18.2 Å². The van der Waals surface area contributed by atoms with Gasteiger partial charge in [0.2, 0.25) is 0 Å². The first-order valence-electron chi connectivity index (χ1n) is 3.98. The largest absolute Gasteiger partial charge is 0.496 e. The lowest BCUT2D eigenvalue weighted by Crippen LogP contribution is -2.32. The highest BCUT2D eigenvalue weighted by Crippen LogP contribution is 2.34. The lowest BCUT2D eigenvalue weighted by atomic mass is 9.78. The summed E-state index contributed by atoms with van der Waals surface area (Å²) in [5.74, 6) is -0.569. The Hall–Kier alpha value is -1.21. The predicted octanol–water partition coefficient (Wildman–Crippen LogP) is 0.394. The van der Waals surface area contributed by atoms with Crippen LogP contribution < -0.4 is 10.2 Å². The lowest BCUT2D eigenvalue weighted by molar-refractivity contribution is -0.138. The lowest BCUT2D eigenvalue weighted by Gasteiger charge is -2.14. The number of benzene rings is 1. The average molecular weight is 220 g/mol. The maximum absolute atomic E-state index is 12.4. The highest BCUT2D eigenvalue weighted by Gasteiger charge is 2.36. The number of alkyl halides is 3. The molecular formula is C8H8BF3O3. The first kappa shape index (κ1) is 11.9. The Balaban J connectivity index is 3.35. The molecule has 1 aromatic rings. The highest BCUT2D eigenvalue weighted by molar-refractivity contribution is 6.59. The van der Waals surface area contributed by atoms with Crippen molar-refractivity contribution in [3.05, 3.63) is 23.8 Å². The van der Waals surface area contributed by atoms with Crippen LogP contribution in [0.2, 0.25) is 0 Å². The molecule has 1 rings (SSSR count). The van der Waals surface area contributed by atoms with Gasteiger partial charge in [0.25, 0.3) is 0 Å². The smallest absolute Gasteiger partial charge is 0.492 e. The molecule has 82 valence electrons. The summed E-state index contributed by atoms with van der Waals surface area (Å²) < 4.78 is 41.8. The molecular weight excluding hydrogens is 212 g/mol. The molecule has 0 saturated carbocycles. The van der Waals surface area contributed by atoms with E-state index in [9.17, 15) is 13.2 Å². The van der Waals surface area contributed by atoms with E-state index in [4.69, 9.17) is 10.0 Å². The van der Waals surface area contributed by atoms with Gasteiger partial charge in [-0.15, -0.1) is 0 Å². The van der Waals surface area contributed by atoms with Crippen molar-refractivity contribution < 1.29 is 28.0 Å². The molecule has 2 N–H and O–H groups in total. The molecule has 0 amide bonds. The van der Waals surface area contributed by atoms with Crippen LogP contribution in [0, 0.1) is 0 Å². The van der Waals surface area contributed by atoms with Crippen molar-refractivity contribution >= 4 is 12.6 Å². The van der Waals surface area contributed by atoms with Crippen LogP contribution >= 0.6 is 0 Å². The van der Waals surface area contributed by atoms with Crippen molar-refractivity contribution in [1.29, 1.82) is 0 Å². The topological polar surface area (TPSA) is 49.7 Å². The Kier molecular flexibility index (Phi) is 3.26. The van der Waals surface area contributed by atoms with Gasteiger partial charge in [0.1, 0.15) is 5.75 Å². The summed E-state index contributed by atoms with van der Waals surface area (Å²) in [6, 6.07) is 3.05. The summed E-state index contributed by atoms with van der Waals surface area (Å²) >= 11 is 0. The summed E-state index contributed by atoms with van der Waals surface area (Å²) in [5, 5.41) is 17.7. The van der Waals surface area contributed by atoms with Crippen LogP contribution in [0.3, 0.4) is 0 Å². The van der Waals surface area contributed by atoms with E-state index in [0.29, 0.717) is 0 Å². The van der Waals surface area contributed by atoms with E-state index in [2.05, 4.69) is 4.74 Å². The number of rotatable bonds is 2. The third kappa shape index (κ3) is 2.43. The van der Waals surface area contributed by atoms with Crippen molar-refractivity contribution in [2.75, 3.05) is 7.11 Å². The van der Waals surface area contributed by atoms with Gasteiger partial charge in [-0.3, -0.25) is 0 Å². The minimum atomic E-state index is -4.59. The molecule has 7 heteroatoms. The van der Waals surface area contributed by atoms with Gasteiger partial charge in [0, 0.05) is 5.46 Å². The van der Waals surface area contributed by atoms with Gasteiger partial charge >= 0.3 is 13.3 Å². The fourth-order valence-electron chi connectivity index (χ4n) is 1.21. The third-order valence-corrected chi connectivity index (χ3v) is 1.83. The summed E-state index contributed by atoms with van der Waals surface area (Å²) in [5.41, 5.74) is -1.34. The van der Waals surface area contributed by atoms with E-state index < -0.39 is 24.6 Å². The summed E-state index contributed by atoms with van der Waals surface area (Å²) in [4.78, 5) is 0. The van der Waals surface area contributed by atoms with Crippen molar-refractivity contribution in [3.8, 4) is 5.75 Å². The number of ether oxygens (including phenoxy) is 1. The molecule has 0 saturated heterocycles. The van der Waals surface area contributed by atoms with Gasteiger partial charge < -0.3 is 14.8 Å². The second-order valence-electron chi connectivity index (χ2n) is 2.80. The Bertz CT molecular complexity index is 351. The number of halogens is 3. The molecule has 0 aromatic heterocycles. The van der Waals surface area contributed by atoms with Crippen LogP contribution in [-0.4, -0.2) is 24.3 Å². The second kappa shape index (κ2) is 4.12. The molecule has 0 unspecified atom stereocenters. The Morgan fingerprint density at radius 1 is 1.27 bits per heavy atom. The molecule has 0 bridgehead atoms. The molecule has 0 aliphatic rings. The zero-order chi connectivity index (χ0) is 11.6. The molecule has 0 atom stereocenters. The van der Waals surface area contributed by atoms with E-state index in [1.807, 2.05) is 0 Å². The number of para-hydroxylation sites is 1. The number of hydrogen-bond donors (Lipinski definition) is 2. The van der Waals surface area contributed by atoms with E-state index in [1.54, 1.807) is 0 Å². The predicted molar refractivity (Wildman–Crippen MR) is 47.8 cm³/mol. The van der Waals surface area contributed by atoms with Crippen LogP contribution in [0.1, 0.15) is 5.56 Å². The van der Waals surface area contributed by atoms with E-state index in [1.165, 1.54) is 0 Å². The van der Waals surface area contributed by atoms with Gasteiger partial charge in [0.15, 0.2) is 0 Å². The van der Waals surface area contributed by atoms with E-state index >= 15 is 0 Å². The minimum absolute atomic E-state index is 0.313. The van der Waals surface area contributed by atoms with Crippen LogP contribution in [0.25, 0.3) is 0 Å². The van der Waals surface area contributed by atoms with Gasteiger partial charge in [-0.2, -0.15) is 13.2 Å². The average Bonchev–Trinajstić information content (AvgIpc) is 2.15. The quantitative estimate of drug-likeness (QED) is 0.709. The van der Waals surface area contributed by atoms with Gasteiger partial charge in [0.05, 0.1) is 12.7 Å². The first-order chi connectivity index (χ1) is 6.88. The summed E-state index contributed by atoms with van der Waals surface area (Å²) in [7, 11) is -0.960. The first-order valence-corrected chi connectivity index (χ1v) is 3.98. The van der Waals surface area contributed by atoms with Gasteiger partial charge in [-0.25, -0.2) is 0 Å². The van der Waals surface area contributed by atoms with Crippen LogP contribution in [0.4, 0.5) is 13.2 Å². The standard InChI is InChI=1S/C8H8BF3O3/c1-15-7-5(8(10,11)12)3-2-4-6(7)9(13)14/h2-4,13-14H,1H3. The van der Waals surface area contributed by atoms with Gasteiger partial charge in [-0.05, 0) is 6.07 Å². The zero-order valence-electron chi connectivity index (χ0n) is 7.75. The third-order valence-electron chi connectivity index (χ3n) is 1.83. The van der Waals surface area contributed by atoms with Crippen molar-refractivity contribution in [2.45, 2.75) is 6.18 Å². The monoisotopic (exact) mass is 220 g/mol. The maximum Gasteiger partial charge on any atom is 0.492 e. The van der Waals surface area contributed by atoms with Crippen molar-refractivity contribution in [1.82, 2.24) is 0 Å². The number of methoxy groups -OCH3 is 1. The van der Waals surface area contributed by atoms with Crippen LogP contribution in [-0.2, 0) is 6.18 Å².